The summed E-state index contributed by atoms with van der Waals surface area (Å²) < 4.78 is 0. The summed E-state index contributed by atoms with van der Waals surface area (Å²) in [7, 11) is 0. The summed E-state index contributed by atoms with van der Waals surface area (Å²) in [5.41, 5.74) is 1.50. The van der Waals surface area contributed by atoms with Crippen LogP contribution in [0, 0.1) is 0 Å². The molecule has 0 aliphatic heterocycles. The van der Waals surface area contributed by atoms with Crippen molar-refractivity contribution in [3.05, 3.63) is 77.1 Å². The van der Waals surface area contributed by atoms with Gasteiger partial charge in [0.05, 0.1) is 19.0 Å². The van der Waals surface area contributed by atoms with Crippen molar-refractivity contribution < 1.29 is 24.3 Å². The van der Waals surface area contributed by atoms with Crippen LogP contribution in [0.15, 0.2) is 60.2 Å². The number of carbonyl (C=O) groups is 4. The second-order valence-electron chi connectivity index (χ2n) is 7.02. The number of carboxylic acids is 1. The summed E-state index contributed by atoms with van der Waals surface area (Å²) in [6, 6.07) is 11.4. The Morgan fingerprint density at radius 2 is 1.82 bits per heavy atom. The first-order valence-electron chi connectivity index (χ1n) is 10.1. The predicted molar refractivity (Wildman–Crippen MR) is 124 cm³/mol. The molecule has 12 heteroatoms. The van der Waals surface area contributed by atoms with Crippen LogP contribution in [0.4, 0.5) is 9.93 Å². The summed E-state index contributed by atoms with van der Waals surface area (Å²) >= 11 is 1.06. The Morgan fingerprint density at radius 3 is 2.53 bits per heavy atom. The fraction of sp³-hybridized carbons (Fsp3) is 0.182. The van der Waals surface area contributed by atoms with Gasteiger partial charge in [0.25, 0.3) is 5.91 Å². The fourth-order valence-electron chi connectivity index (χ4n) is 2.86. The molecule has 0 radical (unpaired) electrons. The number of carbonyl (C=O) groups excluding carboxylic acids is 3. The van der Waals surface area contributed by atoms with Crippen LogP contribution in [0.2, 0.25) is 0 Å². The van der Waals surface area contributed by atoms with Gasteiger partial charge in [0.1, 0.15) is 5.69 Å². The van der Waals surface area contributed by atoms with Crippen LogP contribution in [0.25, 0.3) is 0 Å². The number of carboxylic acid groups (broad SMARTS) is 1. The Hall–Kier alpha value is -4.32. The molecule has 0 aliphatic carbocycles. The fourth-order valence-corrected chi connectivity index (χ4v) is 3.55. The average Bonchev–Trinajstić information content (AvgIpc) is 3.30. The van der Waals surface area contributed by atoms with Crippen LogP contribution in [0.5, 0.6) is 0 Å². The zero-order valence-electron chi connectivity index (χ0n) is 17.9. The van der Waals surface area contributed by atoms with E-state index in [9.17, 15) is 19.2 Å². The van der Waals surface area contributed by atoms with Gasteiger partial charge in [-0.05, 0) is 17.2 Å². The molecule has 2 heterocycles. The lowest BCUT2D eigenvalue weighted by atomic mass is 10.1. The minimum atomic E-state index is -1.09. The van der Waals surface area contributed by atoms with E-state index >= 15 is 0 Å². The zero-order chi connectivity index (χ0) is 24.3. The highest BCUT2D eigenvalue weighted by molar-refractivity contribution is 7.14. The van der Waals surface area contributed by atoms with Crippen molar-refractivity contribution >= 4 is 40.3 Å². The first kappa shape index (κ1) is 24.3. The van der Waals surface area contributed by atoms with E-state index in [0.29, 0.717) is 12.1 Å². The van der Waals surface area contributed by atoms with E-state index in [2.05, 4.69) is 31.2 Å². The van der Waals surface area contributed by atoms with Crippen LogP contribution in [-0.4, -0.2) is 45.4 Å². The zero-order valence-corrected chi connectivity index (χ0v) is 18.7. The Kier molecular flexibility index (Phi) is 8.63. The van der Waals surface area contributed by atoms with Gasteiger partial charge in [-0.3, -0.25) is 24.7 Å². The molecule has 3 rings (SSSR count). The molecule has 0 fully saturated rings. The van der Waals surface area contributed by atoms with E-state index in [1.54, 1.807) is 12.1 Å². The number of amides is 4. The largest absolute Gasteiger partial charge is 0.481 e. The second kappa shape index (κ2) is 12.1. The molecule has 0 saturated carbocycles. The maximum Gasteiger partial charge on any atom is 0.321 e. The van der Waals surface area contributed by atoms with E-state index in [0.717, 1.165) is 16.9 Å². The number of nitrogens with one attached hydrogen (secondary N) is 4. The van der Waals surface area contributed by atoms with Crippen molar-refractivity contribution in [3.8, 4) is 0 Å². The van der Waals surface area contributed by atoms with E-state index in [1.165, 1.54) is 17.8 Å². The van der Waals surface area contributed by atoms with Crippen LogP contribution in [0.1, 0.15) is 34.1 Å². The number of anilines is 1. The molecule has 0 aliphatic rings. The molecule has 176 valence electrons. The predicted octanol–water partition coefficient (Wildman–Crippen LogP) is 1.92. The minimum Gasteiger partial charge on any atom is -0.481 e. The van der Waals surface area contributed by atoms with Crippen LogP contribution >= 0.6 is 11.3 Å². The summed E-state index contributed by atoms with van der Waals surface area (Å²) in [5, 5.41) is 21.0. The lowest BCUT2D eigenvalue weighted by Crippen LogP contribution is -2.39. The Balaban J connectivity index is 1.46. The Labute approximate surface area is 198 Å². The van der Waals surface area contributed by atoms with Crippen molar-refractivity contribution in [3.63, 3.8) is 0 Å². The van der Waals surface area contributed by atoms with Gasteiger partial charge >= 0.3 is 12.0 Å². The molecule has 34 heavy (non-hydrogen) atoms. The van der Waals surface area contributed by atoms with Crippen LogP contribution in [0.3, 0.4) is 0 Å². The molecular formula is C22H22N6O5S. The average molecular weight is 483 g/mol. The van der Waals surface area contributed by atoms with Gasteiger partial charge in [-0.2, -0.15) is 0 Å². The third kappa shape index (κ3) is 7.67. The normalized spacial score (nSPS) is 11.2. The lowest BCUT2D eigenvalue weighted by molar-refractivity contribution is -0.137. The molecular weight excluding hydrogens is 460 g/mol. The first-order valence-corrected chi connectivity index (χ1v) is 11.0. The Morgan fingerprint density at radius 1 is 1.03 bits per heavy atom. The summed E-state index contributed by atoms with van der Waals surface area (Å²) in [6.07, 6.45) is 2.67. The maximum absolute atomic E-state index is 12.3. The summed E-state index contributed by atoms with van der Waals surface area (Å²) in [4.78, 5) is 55.7. The van der Waals surface area contributed by atoms with E-state index in [-0.39, 0.29) is 23.8 Å². The van der Waals surface area contributed by atoms with Crippen molar-refractivity contribution in [1.82, 2.24) is 25.9 Å². The quantitative estimate of drug-likeness (QED) is 0.295. The first-order chi connectivity index (χ1) is 16.4. The molecule has 0 bridgehead atoms. The van der Waals surface area contributed by atoms with Gasteiger partial charge < -0.3 is 21.1 Å². The highest BCUT2D eigenvalue weighted by atomic mass is 32.1. The number of aromatic nitrogens is 2. The smallest absolute Gasteiger partial charge is 0.321 e. The topological polar surface area (TPSA) is 162 Å². The molecule has 11 nitrogen and oxygen atoms in total. The molecule has 1 atom stereocenters. The number of urea groups is 1. The standard InChI is InChI=1S/C22H22N6O5S/c29-18(26-16(9-19(30)31)15-7-4-8-23-11-15)12-24-20(32)17-13-34-22(27-17)28-21(33)25-10-14-5-2-1-3-6-14/h1-8,11,13,16H,9-10,12H2,(H,24,32)(H,26,29)(H,30,31)(H2,25,27,28,33). The number of hydrogen-bond acceptors (Lipinski definition) is 7. The number of thiazole rings is 1. The molecule has 4 amide bonds. The highest BCUT2D eigenvalue weighted by Gasteiger charge is 2.19. The van der Waals surface area contributed by atoms with E-state index in [1.807, 2.05) is 30.3 Å². The Bertz CT molecular complexity index is 1140. The number of aliphatic carboxylic acids is 1. The third-order valence-corrected chi connectivity index (χ3v) is 5.22. The number of nitrogens with zero attached hydrogens (tertiary/aromatic N) is 2. The molecule has 5 N–H and O–H groups in total. The maximum atomic E-state index is 12.3. The molecule has 2 aromatic heterocycles. The number of rotatable bonds is 10. The molecule has 1 unspecified atom stereocenters. The van der Waals surface area contributed by atoms with Crippen LogP contribution in [-0.2, 0) is 16.1 Å². The molecule has 1 aromatic carbocycles. The van der Waals surface area contributed by atoms with Crippen LogP contribution < -0.4 is 21.3 Å². The second-order valence-corrected chi connectivity index (χ2v) is 7.88. The number of pyridine rings is 1. The molecule has 0 spiro atoms. The number of hydrogen-bond donors (Lipinski definition) is 5. The SMILES string of the molecule is O=C(O)CC(NC(=O)CNC(=O)c1csc(NC(=O)NCc2ccccc2)n1)c1cccnc1. The minimum absolute atomic E-state index is 0.0329. The van der Waals surface area contributed by atoms with Crippen molar-refractivity contribution in [2.24, 2.45) is 0 Å². The van der Waals surface area contributed by atoms with E-state index in [4.69, 9.17) is 5.11 Å². The van der Waals surface area contributed by atoms with Crippen molar-refractivity contribution in [2.75, 3.05) is 11.9 Å². The van der Waals surface area contributed by atoms with Crippen molar-refractivity contribution in [1.29, 1.82) is 0 Å². The van der Waals surface area contributed by atoms with Gasteiger partial charge in [-0.15, -0.1) is 11.3 Å². The number of benzene rings is 1. The van der Waals surface area contributed by atoms with Gasteiger partial charge in [0.2, 0.25) is 5.91 Å². The molecule has 0 saturated heterocycles. The lowest BCUT2D eigenvalue weighted by Gasteiger charge is -2.17. The van der Waals surface area contributed by atoms with Gasteiger partial charge in [0.15, 0.2) is 5.13 Å². The van der Waals surface area contributed by atoms with Gasteiger partial charge in [-0.25, -0.2) is 9.78 Å². The van der Waals surface area contributed by atoms with Gasteiger partial charge in [-0.1, -0.05) is 36.4 Å². The highest BCUT2D eigenvalue weighted by Crippen LogP contribution is 2.16. The third-order valence-electron chi connectivity index (χ3n) is 4.46. The monoisotopic (exact) mass is 482 g/mol. The van der Waals surface area contributed by atoms with E-state index < -0.39 is 29.9 Å². The summed E-state index contributed by atoms with van der Waals surface area (Å²) in [6.45, 7) is -0.0461. The van der Waals surface area contributed by atoms with Gasteiger partial charge in [0, 0.05) is 24.3 Å². The summed E-state index contributed by atoms with van der Waals surface area (Å²) in [5.74, 6) is -2.27. The molecule has 3 aromatic rings. The van der Waals surface area contributed by atoms with Crippen molar-refractivity contribution in [2.45, 2.75) is 19.0 Å².